The third-order valence-electron chi connectivity index (χ3n) is 8.44. The second-order valence-corrected chi connectivity index (χ2v) is 14.0. The Morgan fingerprint density at radius 1 is 0.653 bits per heavy atom. The Morgan fingerprint density at radius 3 is 1.76 bits per heavy atom. The molecule has 4 aromatic carbocycles. The summed E-state index contributed by atoms with van der Waals surface area (Å²) in [5.41, 5.74) is 6.49. The molecule has 4 nitrogen and oxygen atoms in total. The van der Waals surface area contributed by atoms with Crippen LogP contribution in [-0.2, 0) is 4.79 Å². The molecule has 0 aromatic heterocycles. The number of nitrogens with one attached hydrogen (secondary N) is 1. The summed E-state index contributed by atoms with van der Waals surface area (Å²) >= 11 is 0. The summed E-state index contributed by atoms with van der Waals surface area (Å²) < 4.78 is 6.00. The lowest BCUT2D eigenvalue weighted by Gasteiger charge is -2.18. The van der Waals surface area contributed by atoms with E-state index in [4.69, 9.17) is 4.74 Å². The van der Waals surface area contributed by atoms with E-state index in [2.05, 4.69) is 121 Å². The molecule has 4 aromatic rings. The molecule has 0 bridgehead atoms. The van der Waals surface area contributed by atoms with E-state index in [9.17, 15) is 4.79 Å². The van der Waals surface area contributed by atoms with Crippen LogP contribution in [0.15, 0.2) is 115 Å². The maximum atomic E-state index is 12.2. The number of carbonyl (C=O) groups excluding carboxylic acids is 1. The molecule has 0 spiro atoms. The Morgan fingerprint density at radius 2 is 1.16 bits per heavy atom. The van der Waals surface area contributed by atoms with Gasteiger partial charge in [-0.2, -0.15) is 0 Å². The van der Waals surface area contributed by atoms with Crippen molar-refractivity contribution in [1.82, 2.24) is 10.2 Å². The number of carbonyl (C=O) groups is 1. The molecule has 0 aliphatic heterocycles. The first-order chi connectivity index (χ1) is 23.1. The van der Waals surface area contributed by atoms with E-state index in [1.54, 1.807) is 0 Å². The average Bonchev–Trinajstić information content (AvgIpc) is 3.11. The highest BCUT2D eigenvalue weighted by molar-refractivity contribution is 8.93. The summed E-state index contributed by atoms with van der Waals surface area (Å²) in [6.45, 7) is 2.38. The molecule has 264 valence electrons. The number of unbranched alkanes of at least 4 members (excludes halogenated alkanes) is 7. The molecule has 1 amide bonds. The first-order valence-corrected chi connectivity index (χ1v) is 18.9. The van der Waals surface area contributed by atoms with E-state index in [-0.39, 0.29) is 48.5 Å². The van der Waals surface area contributed by atoms with Gasteiger partial charge in [-0.3, -0.25) is 4.79 Å². The Hall–Kier alpha value is -2.76. The number of hydrogen-bond acceptors (Lipinski definition) is 3. The van der Waals surface area contributed by atoms with Gasteiger partial charge in [0.15, 0.2) is 0 Å². The van der Waals surface area contributed by atoms with Crippen molar-refractivity contribution in [2.45, 2.75) is 57.8 Å². The largest absolute Gasteiger partial charge is 1.00 e. The fraction of sp³-hybridized carbons (Fsp3) is 0.357. The molecule has 0 aliphatic rings. The highest BCUT2D eigenvalue weighted by Crippen LogP contribution is 2.36. The van der Waals surface area contributed by atoms with Gasteiger partial charge in [0.25, 0.3) is 5.91 Å². The molecular weight excluding hydrogens is 755 g/mol. The number of likely N-dealkylation sites (N-methyl/N-ethyl adjacent to an activating group) is 1. The number of halogens is 2. The van der Waals surface area contributed by atoms with Gasteiger partial charge in [0.05, 0.1) is 5.30 Å². The summed E-state index contributed by atoms with van der Waals surface area (Å²) in [6, 6.07) is 40.7. The molecule has 49 heavy (non-hydrogen) atoms. The number of allylic oxidation sites excluding steroid dienone is 1. The highest BCUT2D eigenvalue weighted by atomic mass is 79.9. The average molecular weight is 811 g/mol. The minimum Gasteiger partial charge on any atom is -1.00 e. The summed E-state index contributed by atoms with van der Waals surface area (Å²) in [5, 5.41) is 4.42. The minimum absolute atomic E-state index is 0. The van der Waals surface area contributed by atoms with Crippen LogP contribution in [0, 0.1) is 0 Å². The maximum Gasteiger partial charge on any atom is 0.257 e. The van der Waals surface area contributed by atoms with E-state index in [0.29, 0.717) is 12.8 Å². The summed E-state index contributed by atoms with van der Waals surface area (Å²) in [7, 11) is 4.16. The SMILES string of the molecule is Br.CN(C)CCOc1ccc(/C(=C(/CCCCCCCCCCNC(=O)C[PH2+]c2ccccc2)c2ccccc2)c2ccccc2)cc1.[Br-]. The van der Waals surface area contributed by atoms with Crippen molar-refractivity contribution < 1.29 is 26.5 Å². The quantitative estimate of drug-likeness (QED) is 0.0592. The number of hydrogen-bond donors (Lipinski definition) is 1. The Kier molecular flexibility index (Phi) is 21.8. The van der Waals surface area contributed by atoms with Crippen molar-refractivity contribution >= 4 is 47.9 Å². The molecule has 0 saturated carbocycles. The summed E-state index contributed by atoms with van der Waals surface area (Å²) in [4.78, 5) is 14.3. The molecule has 1 N–H and O–H groups in total. The number of nitrogens with zero attached hydrogens (tertiary/aromatic N) is 1. The van der Waals surface area contributed by atoms with Crippen molar-refractivity contribution in [3.8, 4) is 5.75 Å². The Labute approximate surface area is 318 Å². The topological polar surface area (TPSA) is 41.6 Å². The number of benzene rings is 4. The van der Waals surface area contributed by atoms with Crippen LogP contribution < -0.4 is 32.3 Å². The van der Waals surface area contributed by atoms with Gasteiger partial charge in [-0.05, 0) is 85.5 Å². The van der Waals surface area contributed by atoms with Gasteiger partial charge >= 0.3 is 0 Å². The molecule has 0 aliphatic carbocycles. The van der Waals surface area contributed by atoms with Crippen molar-refractivity contribution in [3.63, 3.8) is 0 Å². The van der Waals surface area contributed by atoms with Crippen LogP contribution in [-0.4, -0.2) is 50.8 Å². The standard InChI is InChI=1S/C42H53N2O2P.2BrH/c1-44(2)32-33-46-38-29-27-37(28-30-38)42(36-22-14-10-15-23-36)40(35-20-12-9-13-21-35)26-18-7-5-3-4-6-8-19-31-43-41(45)34-47-39-24-16-11-17-25-39;;/h9-17,20-25,27-30,47H,3-8,18-19,26,31-34H2,1-2H3,(H,43,45);2*1H/b42-40-;;. The third kappa shape index (κ3) is 16.2. The van der Waals surface area contributed by atoms with E-state index < -0.39 is 0 Å². The van der Waals surface area contributed by atoms with Crippen molar-refractivity contribution in [1.29, 1.82) is 0 Å². The molecule has 0 heterocycles. The van der Waals surface area contributed by atoms with Crippen LogP contribution in [0.5, 0.6) is 5.75 Å². The third-order valence-corrected chi connectivity index (χ3v) is 9.87. The first kappa shape index (κ1) is 42.4. The second-order valence-electron chi connectivity index (χ2n) is 12.5. The molecule has 1 atom stereocenters. The minimum atomic E-state index is 0. The van der Waals surface area contributed by atoms with Crippen molar-refractivity contribution in [2.75, 3.05) is 40.0 Å². The van der Waals surface area contributed by atoms with Gasteiger partial charge in [-0.25, -0.2) is 0 Å². The normalized spacial score (nSPS) is 11.5. The zero-order chi connectivity index (χ0) is 32.9. The second kappa shape index (κ2) is 25.2. The van der Waals surface area contributed by atoms with Crippen LogP contribution >= 0.6 is 25.6 Å². The zero-order valence-electron chi connectivity index (χ0n) is 29.3. The van der Waals surface area contributed by atoms with Gasteiger partial charge in [-0.15, -0.1) is 17.0 Å². The fourth-order valence-corrected chi connectivity index (χ4v) is 6.88. The van der Waals surface area contributed by atoms with Crippen LogP contribution in [0.3, 0.4) is 0 Å². The zero-order valence-corrected chi connectivity index (χ0v) is 33.7. The van der Waals surface area contributed by atoms with Gasteiger partial charge in [0.1, 0.15) is 18.5 Å². The molecule has 0 saturated heterocycles. The molecule has 1 unspecified atom stereocenters. The maximum absolute atomic E-state index is 12.2. The van der Waals surface area contributed by atoms with Crippen LogP contribution in [0.25, 0.3) is 11.1 Å². The number of rotatable bonds is 21. The van der Waals surface area contributed by atoms with E-state index in [1.807, 2.05) is 18.2 Å². The number of ether oxygens (including phenoxy) is 1. The van der Waals surface area contributed by atoms with E-state index >= 15 is 0 Å². The van der Waals surface area contributed by atoms with E-state index in [1.165, 1.54) is 78.1 Å². The summed E-state index contributed by atoms with van der Waals surface area (Å²) in [6.07, 6.45) is 11.4. The predicted molar refractivity (Wildman–Crippen MR) is 215 cm³/mol. The van der Waals surface area contributed by atoms with Gasteiger partial charge in [0, 0.05) is 21.7 Å². The number of amides is 1. The Bertz CT molecular complexity index is 1470. The fourth-order valence-electron chi connectivity index (χ4n) is 5.82. The van der Waals surface area contributed by atoms with Gasteiger partial charge in [-0.1, -0.05) is 130 Å². The predicted octanol–water partition coefficient (Wildman–Crippen LogP) is 6.53. The lowest BCUT2D eigenvalue weighted by molar-refractivity contribution is -0.118. The van der Waals surface area contributed by atoms with Gasteiger partial charge in [0.2, 0.25) is 0 Å². The molecule has 0 fully saturated rings. The van der Waals surface area contributed by atoms with Crippen molar-refractivity contribution in [3.05, 3.63) is 132 Å². The lowest BCUT2D eigenvalue weighted by atomic mass is 9.86. The summed E-state index contributed by atoms with van der Waals surface area (Å²) in [5.74, 6) is 1.11. The first-order valence-electron chi connectivity index (χ1n) is 17.5. The highest BCUT2D eigenvalue weighted by Gasteiger charge is 2.14. The van der Waals surface area contributed by atoms with E-state index in [0.717, 1.165) is 31.7 Å². The van der Waals surface area contributed by atoms with Crippen LogP contribution in [0.1, 0.15) is 74.5 Å². The molecule has 0 radical (unpaired) electrons. The molecule has 4 rings (SSSR count). The molecule has 7 heteroatoms. The monoisotopic (exact) mass is 808 g/mol. The van der Waals surface area contributed by atoms with Crippen LogP contribution in [0.2, 0.25) is 0 Å². The Balaban J connectivity index is 0.00000417. The van der Waals surface area contributed by atoms with Crippen LogP contribution in [0.4, 0.5) is 0 Å². The lowest BCUT2D eigenvalue weighted by Crippen LogP contribution is -3.00. The molecular formula is C42H55Br2N2O2P. The van der Waals surface area contributed by atoms with Crippen molar-refractivity contribution in [2.24, 2.45) is 0 Å². The smallest absolute Gasteiger partial charge is 0.257 e. The van der Waals surface area contributed by atoms with Gasteiger partial charge < -0.3 is 31.9 Å².